The Hall–Kier alpha value is -0.820. The van der Waals surface area contributed by atoms with Gasteiger partial charge in [-0.1, -0.05) is 30.2 Å². The molecule has 4 nitrogen and oxygen atoms in total. The van der Waals surface area contributed by atoms with Crippen molar-refractivity contribution in [1.29, 1.82) is 0 Å². The van der Waals surface area contributed by atoms with E-state index in [4.69, 9.17) is 11.6 Å². The molecule has 0 fully saturated rings. The van der Waals surface area contributed by atoms with Gasteiger partial charge in [0.05, 0.1) is 0 Å². The molecule has 0 atom stereocenters. The van der Waals surface area contributed by atoms with Crippen molar-refractivity contribution in [3.8, 4) is 0 Å². The zero-order valence-corrected chi connectivity index (χ0v) is 16.5. The molecule has 1 rings (SSSR count). The van der Waals surface area contributed by atoms with Crippen molar-refractivity contribution in [1.82, 2.24) is 15.2 Å². The van der Waals surface area contributed by atoms with Crippen LogP contribution in [0.25, 0.3) is 0 Å². The van der Waals surface area contributed by atoms with Crippen LogP contribution in [0.5, 0.6) is 0 Å². The minimum absolute atomic E-state index is 0. The van der Waals surface area contributed by atoms with Crippen LogP contribution in [-0.2, 0) is 6.54 Å². The number of aromatic nitrogens is 1. The average Bonchev–Trinajstić information content (AvgIpc) is 2.49. The van der Waals surface area contributed by atoms with E-state index in [2.05, 4.69) is 33.8 Å². The molecule has 0 aliphatic carbocycles. The largest absolute Gasteiger partial charge is 0.352 e. The van der Waals surface area contributed by atoms with E-state index in [9.17, 15) is 0 Å². The Labute approximate surface area is 156 Å². The van der Waals surface area contributed by atoms with E-state index >= 15 is 0 Å². The molecule has 0 radical (unpaired) electrons. The molecule has 0 amide bonds. The molecule has 1 aromatic heterocycles. The van der Waals surface area contributed by atoms with Crippen LogP contribution in [-0.4, -0.2) is 36.5 Å². The molecule has 1 heterocycles. The molecule has 6 heteroatoms. The number of pyridine rings is 1. The highest BCUT2D eigenvalue weighted by atomic mass is 127. The Morgan fingerprint density at radius 1 is 1.41 bits per heavy atom. The third kappa shape index (κ3) is 8.58. The summed E-state index contributed by atoms with van der Waals surface area (Å²) in [6.07, 6.45) is 8.43. The van der Waals surface area contributed by atoms with Crippen molar-refractivity contribution in [2.45, 2.75) is 32.2 Å². The lowest BCUT2D eigenvalue weighted by atomic mass is 10.2. The number of rotatable bonds is 8. The van der Waals surface area contributed by atoms with Crippen molar-refractivity contribution in [2.75, 3.05) is 20.6 Å². The quantitative estimate of drug-likeness (QED) is 0.166. The minimum Gasteiger partial charge on any atom is -0.352 e. The number of allylic oxidation sites excluding steroid dienone is 1. The summed E-state index contributed by atoms with van der Waals surface area (Å²) in [5, 5.41) is 3.85. The van der Waals surface area contributed by atoms with Crippen LogP contribution in [0.15, 0.2) is 36.0 Å². The van der Waals surface area contributed by atoms with Crippen molar-refractivity contribution < 1.29 is 0 Å². The number of hydrogen-bond acceptors (Lipinski definition) is 2. The first-order valence-electron chi connectivity index (χ1n) is 7.30. The second-order valence-electron chi connectivity index (χ2n) is 4.95. The SMILES string of the molecule is C=CCCCCCN(C)C(=NC)NCc1ccc(Cl)nc1.I. The normalized spacial score (nSPS) is 10.8. The van der Waals surface area contributed by atoms with Crippen LogP contribution >= 0.6 is 35.6 Å². The summed E-state index contributed by atoms with van der Waals surface area (Å²) in [6.45, 7) is 5.43. The second-order valence-corrected chi connectivity index (χ2v) is 5.34. The maximum Gasteiger partial charge on any atom is 0.193 e. The molecule has 0 saturated heterocycles. The van der Waals surface area contributed by atoms with E-state index in [0.29, 0.717) is 11.7 Å². The molecule has 22 heavy (non-hydrogen) atoms. The van der Waals surface area contributed by atoms with Crippen LogP contribution in [0, 0.1) is 0 Å². The monoisotopic (exact) mass is 436 g/mol. The standard InChI is InChI=1S/C16H25ClN4.HI/c1-4-5-6-7-8-11-21(3)16(18-2)20-13-14-9-10-15(17)19-12-14;/h4,9-10,12H,1,5-8,11,13H2,2-3H3,(H,18,20);1H. The van der Waals surface area contributed by atoms with Crippen LogP contribution < -0.4 is 5.32 Å². The maximum absolute atomic E-state index is 5.78. The molecule has 0 bridgehead atoms. The van der Waals surface area contributed by atoms with Crippen molar-refractivity contribution in [2.24, 2.45) is 4.99 Å². The Morgan fingerprint density at radius 3 is 2.77 bits per heavy atom. The van der Waals surface area contributed by atoms with Crippen molar-refractivity contribution in [3.05, 3.63) is 41.7 Å². The van der Waals surface area contributed by atoms with Gasteiger partial charge in [-0.2, -0.15) is 0 Å². The van der Waals surface area contributed by atoms with Gasteiger partial charge in [0.2, 0.25) is 0 Å². The summed E-state index contributed by atoms with van der Waals surface area (Å²) in [7, 11) is 3.86. The van der Waals surface area contributed by atoms with Gasteiger partial charge < -0.3 is 10.2 Å². The Morgan fingerprint density at radius 2 is 2.18 bits per heavy atom. The van der Waals surface area contributed by atoms with Gasteiger partial charge in [0, 0.05) is 33.4 Å². The first-order valence-corrected chi connectivity index (χ1v) is 7.68. The van der Waals surface area contributed by atoms with Gasteiger partial charge in [0.25, 0.3) is 0 Å². The number of nitrogens with zero attached hydrogens (tertiary/aromatic N) is 3. The van der Waals surface area contributed by atoms with Crippen LogP contribution in [0.1, 0.15) is 31.2 Å². The summed E-state index contributed by atoms with van der Waals surface area (Å²) >= 11 is 5.78. The minimum atomic E-state index is 0. The predicted molar refractivity (Wildman–Crippen MR) is 106 cm³/mol. The smallest absolute Gasteiger partial charge is 0.193 e. The lowest BCUT2D eigenvalue weighted by Crippen LogP contribution is -2.39. The summed E-state index contributed by atoms with van der Waals surface area (Å²) in [6, 6.07) is 3.76. The van der Waals surface area contributed by atoms with Gasteiger partial charge in [-0.3, -0.25) is 4.99 Å². The zero-order chi connectivity index (χ0) is 15.5. The number of guanidine groups is 1. The third-order valence-corrected chi connectivity index (χ3v) is 3.44. The molecule has 1 N–H and O–H groups in total. The number of hydrogen-bond donors (Lipinski definition) is 1. The molecule has 0 aliphatic rings. The fourth-order valence-electron chi connectivity index (χ4n) is 2.00. The van der Waals surface area contributed by atoms with E-state index in [-0.39, 0.29) is 24.0 Å². The van der Waals surface area contributed by atoms with Gasteiger partial charge in [-0.05, 0) is 30.9 Å². The Kier molecular flexibility index (Phi) is 12.2. The van der Waals surface area contributed by atoms with E-state index in [1.165, 1.54) is 12.8 Å². The third-order valence-electron chi connectivity index (χ3n) is 3.21. The predicted octanol–water partition coefficient (Wildman–Crippen LogP) is 4.11. The van der Waals surface area contributed by atoms with E-state index in [1.807, 2.05) is 12.1 Å². The molecule has 0 spiro atoms. The summed E-state index contributed by atoms with van der Waals surface area (Å²) in [5.41, 5.74) is 1.08. The topological polar surface area (TPSA) is 40.5 Å². The molecule has 0 aromatic carbocycles. The van der Waals surface area contributed by atoms with Gasteiger partial charge in [-0.15, -0.1) is 30.6 Å². The van der Waals surface area contributed by atoms with Gasteiger partial charge >= 0.3 is 0 Å². The average molecular weight is 437 g/mol. The molecule has 1 aromatic rings. The number of aliphatic imine (C=N–C) groups is 1. The van der Waals surface area contributed by atoms with Crippen LogP contribution in [0.3, 0.4) is 0 Å². The van der Waals surface area contributed by atoms with Crippen LogP contribution in [0.4, 0.5) is 0 Å². The number of nitrogens with one attached hydrogen (secondary N) is 1. The van der Waals surface area contributed by atoms with E-state index < -0.39 is 0 Å². The molecule has 124 valence electrons. The first-order chi connectivity index (χ1) is 10.2. The summed E-state index contributed by atoms with van der Waals surface area (Å²) < 4.78 is 0. The fourth-order valence-corrected chi connectivity index (χ4v) is 2.11. The van der Waals surface area contributed by atoms with E-state index in [1.54, 1.807) is 19.3 Å². The zero-order valence-electron chi connectivity index (χ0n) is 13.4. The highest BCUT2D eigenvalue weighted by Crippen LogP contribution is 2.05. The highest BCUT2D eigenvalue weighted by molar-refractivity contribution is 14.0. The van der Waals surface area contributed by atoms with Gasteiger partial charge in [-0.25, -0.2) is 4.98 Å². The molecule has 0 saturated carbocycles. The summed E-state index contributed by atoms with van der Waals surface area (Å²) in [5.74, 6) is 0.897. The maximum atomic E-state index is 5.78. The second kappa shape index (κ2) is 12.7. The van der Waals surface area contributed by atoms with Crippen molar-refractivity contribution >= 4 is 41.5 Å². The Bertz CT molecular complexity index is 448. The fraction of sp³-hybridized carbons (Fsp3) is 0.500. The lowest BCUT2D eigenvalue weighted by molar-refractivity contribution is 0.455. The van der Waals surface area contributed by atoms with Gasteiger partial charge in [0.1, 0.15) is 5.15 Å². The molecular formula is C16H26ClIN4. The highest BCUT2D eigenvalue weighted by Gasteiger charge is 2.05. The van der Waals surface area contributed by atoms with E-state index in [0.717, 1.165) is 30.9 Å². The summed E-state index contributed by atoms with van der Waals surface area (Å²) in [4.78, 5) is 10.5. The molecule has 0 aliphatic heterocycles. The molecular weight excluding hydrogens is 411 g/mol. The first kappa shape index (κ1) is 21.2. The Balaban J connectivity index is 0.00000441. The number of halogens is 2. The van der Waals surface area contributed by atoms with Gasteiger partial charge in [0.15, 0.2) is 5.96 Å². The van der Waals surface area contributed by atoms with Crippen molar-refractivity contribution in [3.63, 3.8) is 0 Å². The molecule has 0 unspecified atom stereocenters. The lowest BCUT2D eigenvalue weighted by Gasteiger charge is -2.22. The number of unbranched alkanes of at least 4 members (excludes halogenated alkanes) is 3. The van der Waals surface area contributed by atoms with Crippen LogP contribution in [0.2, 0.25) is 5.15 Å².